The highest BCUT2D eigenvalue weighted by molar-refractivity contribution is 6.22. The second-order valence-corrected chi connectivity index (χ2v) is 3.53. The van der Waals surface area contributed by atoms with Crippen molar-refractivity contribution in [3.05, 3.63) is 11.6 Å². The zero-order chi connectivity index (χ0) is 9.68. The van der Waals surface area contributed by atoms with E-state index in [4.69, 9.17) is 16.3 Å². The Kier molecular flexibility index (Phi) is 4.29. The first-order valence-corrected chi connectivity index (χ1v) is 5.29. The molecule has 2 nitrogen and oxygen atoms in total. The van der Waals surface area contributed by atoms with Gasteiger partial charge in [0, 0.05) is 0 Å². The second-order valence-electron chi connectivity index (χ2n) is 3.27. The Morgan fingerprint density at radius 3 is 2.85 bits per heavy atom. The van der Waals surface area contributed by atoms with Crippen LogP contribution in [0.25, 0.3) is 0 Å². The highest BCUT2D eigenvalue weighted by Gasteiger charge is 2.23. The van der Waals surface area contributed by atoms with Crippen molar-refractivity contribution in [2.45, 2.75) is 38.7 Å². The van der Waals surface area contributed by atoms with Gasteiger partial charge in [0.25, 0.3) is 0 Å². The fraction of sp³-hybridized carbons (Fsp3) is 0.700. The largest absolute Gasteiger partial charge is 0.455 e. The van der Waals surface area contributed by atoms with Crippen LogP contribution >= 0.6 is 11.6 Å². The summed E-state index contributed by atoms with van der Waals surface area (Å²) in [7, 11) is 0. The third-order valence-corrected chi connectivity index (χ3v) is 2.43. The molecular weight excluding hydrogens is 188 g/mol. The number of hydrogen-bond acceptors (Lipinski definition) is 2. The highest BCUT2D eigenvalue weighted by Crippen LogP contribution is 2.19. The Balaban J connectivity index is 2.30. The molecule has 0 saturated carbocycles. The maximum atomic E-state index is 11.1. The molecule has 0 fully saturated rings. The van der Waals surface area contributed by atoms with E-state index in [1.807, 2.05) is 6.08 Å². The SMILES string of the molecule is CCCCC[C@@H]1C=C(CCl)C(=O)O1. The summed E-state index contributed by atoms with van der Waals surface area (Å²) in [6, 6.07) is 0. The Hall–Kier alpha value is -0.500. The van der Waals surface area contributed by atoms with Crippen LogP contribution in [0.5, 0.6) is 0 Å². The first kappa shape index (κ1) is 10.6. The summed E-state index contributed by atoms with van der Waals surface area (Å²) in [5, 5.41) is 0. The van der Waals surface area contributed by atoms with E-state index in [1.165, 1.54) is 12.8 Å². The van der Waals surface area contributed by atoms with Crippen molar-refractivity contribution in [2.75, 3.05) is 5.88 Å². The molecule has 1 heterocycles. The van der Waals surface area contributed by atoms with Crippen molar-refractivity contribution >= 4 is 17.6 Å². The molecule has 0 amide bonds. The van der Waals surface area contributed by atoms with Gasteiger partial charge in [0.1, 0.15) is 6.10 Å². The van der Waals surface area contributed by atoms with Gasteiger partial charge in [-0.3, -0.25) is 0 Å². The van der Waals surface area contributed by atoms with Crippen LogP contribution in [0.15, 0.2) is 11.6 Å². The number of esters is 1. The van der Waals surface area contributed by atoms with Crippen molar-refractivity contribution in [2.24, 2.45) is 0 Å². The molecule has 1 rings (SSSR count). The number of alkyl halides is 1. The minimum atomic E-state index is -0.239. The van der Waals surface area contributed by atoms with E-state index in [0.29, 0.717) is 5.57 Å². The van der Waals surface area contributed by atoms with E-state index < -0.39 is 0 Å². The molecule has 1 atom stereocenters. The summed E-state index contributed by atoms with van der Waals surface area (Å²) < 4.78 is 5.10. The lowest BCUT2D eigenvalue weighted by Gasteiger charge is -2.06. The number of hydrogen-bond donors (Lipinski definition) is 0. The van der Waals surface area contributed by atoms with E-state index in [-0.39, 0.29) is 18.0 Å². The molecule has 1 aliphatic rings. The fourth-order valence-corrected chi connectivity index (χ4v) is 1.57. The van der Waals surface area contributed by atoms with E-state index in [0.717, 1.165) is 12.8 Å². The lowest BCUT2D eigenvalue weighted by Crippen LogP contribution is -2.08. The third kappa shape index (κ3) is 3.03. The number of halogens is 1. The van der Waals surface area contributed by atoms with Crippen LogP contribution in [-0.4, -0.2) is 18.0 Å². The summed E-state index contributed by atoms with van der Waals surface area (Å²) in [5.74, 6) is 0.0276. The molecule has 74 valence electrons. The number of carbonyl (C=O) groups excluding carboxylic acids is 1. The first-order chi connectivity index (χ1) is 6.27. The van der Waals surface area contributed by atoms with Crippen LogP contribution in [0.4, 0.5) is 0 Å². The lowest BCUT2D eigenvalue weighted by molar-refractivity contribution is -0.139. The summed E-state index contributed by atoms with van der Waals surface area (Å²) in [5.41, 5.74) is 0.614. The van der Waals surface area contributed by atoms with E-state index in [1.54, 1.807) is 0 Å². The van der Waals surface area contributed by atoms with Crippen molar-refractivity contribution < 1.29 is 9.53 Å². The van der Waals surface area contributed by atoms with Crippen molar-refractivity contribution in [3.8, 4) is 0 Å². The molecule has 0 N–H and O–H groups in total. The molecule has 0 unspecified atom stereocenters. The van der Waals surface area contributed by atoms with Gasteiger partial charge >= 0.3 is 5.97 Å². The lowest BCUT2D eigenvalue weighted by atomic mass is 10.1. The number of unbranched alkanes of at least 4 members (excludes halogenated alkanes) is 2. The molecule has 0 bridgehead atoms. The first-order valence-electron chi connectivity index (χ1n) is 4.75. The van der Waals surface area contributed by atoms with Crippen LogP contribution in [0, 0.1) is 0 Å². The average Bonchev–Trinajstić information content (AvgIpc) is 2.47. The molecule has 3 heteroatoms. The maximum absolute atomic E-state index is 11.1. The van der Waals surface area contributed by atoms with Crippen LogP contribution in [0.1, 0.15) is 32.6 Å². The van der Waals surface area contributed by atoms with Crippen molar-refractivity contribution in [3.63, 3.8) is 0 Å². The standard InChI is InChI=1S/C10H15ClO2/c1-2-3-4-5-9-6-8(7-11)10(12)13-9/h6,9H,2-5,7H2,1H3/t9-/m1/s1. The van der Waals surface area contributed by atoms with Gasteiger partial charge in [-0.25, -0.2) is 4.79 Å². The van der Waals surface area contributed by atoms with E-state index in [2.05, 4.69) is 6.92 Å². The quantitative estimate of drug-likeness (QED) is 0.389. The molecule has 0 aliphatic carbocycles. The van der Waals surface area contributed by atoms with Gasteiger partial charge in [0.15, 0.2) is 0 Å². The summed E-state index contributed by atoms with van der Waals surface area (Å²) in [4.78, 5) is 11.1. The van der Waals surface area contributed by atoms with Crippen LogP contribution < -0.4 is 0 Å². The topological polar surface area (TPSA) is 26.3 Å². The van der Waals surface area contributed by atoms with Crippen LogP contribution in [-0.2, 0) is 9.53 Å². The number of ether oxygens (including phenoxy) is 1. The fourth-order valence-electron chi connectivity index (χ4n) is 1.38. The zero-order valence-electron chi connectivity index (χ0n) is 7.88. The Labute approximate surface area is 83.9 Å². The molecule has 0 saturated heterocycles. The molecule has 0 aromatic heterocycles. The molecule has 13 heavy (non-hydrogen) atoms. The van der Waals surface area contributed by atoms with Gasteiger partial charge < -0.3 is 4.74 Å². The Bertz CT molecular complexity index is 211. The summed E-state index contributed by atoms with van der Waals surface area (Å²) >= 11 is 5.56. The van der Waals surface area contributed by atoms with Crippen molar-refractivity contribution in [1.29, 1.82) is 0 Å². The van der Waals surface area contributed by atoms with Gasteiger partial charge in [-0.15, -0.1) is 11.6 Å². The zero-order valence-corrected chi connectivity index (χ0v) is 8.64. The van der Waals surface area contributed by atoms with E-state index in [9.17, 15) is 4.79 Å². The molecule has 0 aromatic carbocycles. The monoisotopic (exact) mass is 202 g/mol. The predicted molar refractivity (Wildman–Crippen MR) is 52.8 cm³/mol. The minimum absolute atomic E-state index is 0.0206. The normalized spacial score (nSPS) is 21.5. The molecule has 0 radical (unpaired) electrons. The maximum Gasteiger partial charge on any atom is 0.335 e. The second kappa shape index (κ2) is 5.28. The van der Waals surface area contributed by atoms with Gasteiger partial charge in [0.2, 0.25) is 0 Å². The number of cyclic esters (lactones) is 1. The van der Waals surface area contributed by atoms with Crippen LogP contribution in [0.3, 0.4) is 0 Å². The Morgan fingerprint density at radius 1 is 1.54 bits per heavy atom. The average molecular weight is 203 g/mol. The van der Waals surface area contributed by atoms with Crippen LogP contribution in [0.2, 0.25) is 0 Å². The number of rotatable bonds is 5. The molecule has 0 aromatic rings. The Morgan fingerprint density at radius 2 is 2.31 bits per heavy atom. The molecular formula is C10H15ClO2. The number of carbonyl (C=O) groups is 1. The minimum Gasteiger partial charge on any atom is -0.455 e. The third-order valence-electron chi connectivity index (χ3n) is 2.14. The van der Waals surface area contributed by atoms with Gasteiger partial charge in [-0.2, -0.15) is 0 Å². The molecule has 1 aliphatic heterocycles. The predicted octanol–water partition coefficient (Wildman–Crippen LogP) is 2.66. The van der Waals surface area contributed by atoms with Gasteiger partial charge in [-0.1, -0.05) is 19.8 Å². The molecule has 0 spiro atoms. The summed E-state index contributed by atoms with van der Waals surface area (Å²) in [6.45, 7) is 2.15. The summed E-state index contributed by atoms with van der Waals surface area (Å²) in [6.07, 6.45) is 6.25. The van der Waals surface area contributed by atoms with E-state index >= 15 is 0 Å². The van der Waals surface area contributed by atoms with Gasteiger partial charge in [0.05, 0.1) is 11.5 Å². The highest BCUT2D eigenvalue weighted by atomic mass is 35.5. The smallest absolute Gasteiger partial charge is 0.335 e. The van der Waals surface area contributed by atoms with Gasteiger partial charge in [-0.05, 0) is 18.9 Å². The van der Waals surface area contributed by atoms with Crippen molar-refractivity contribution in [1.82, 2.24) is 0 Å².